The van der Waals surface area contributed by atoms with E-state index in [9.17, 15) is 18.0 Å². The largest absolute Gasteiger partial charge is 0.396 e. The second kappa shape index (κ2) is 5.83. The van der Waals surface area contributed by atoms with Gasteiger partial charge in [-0.15, -0.1) is 23.1 Å². The van der Waals surface area contributed by atoms with E-state index in [1.54, 1.807) is 6.26 Å². The first kappa shape index (κ1) is 15.2. The van der Waals surface area contributed by atoms with Crippen LogP contribution in [0.3, 0.4) is 0 Å². The van der Waals surface area contributed by atoms with Crippen LogP contribution >= 0.6 is 23.1 Å². The predicted octanol–water partition coefficient (Wildman–Crippen LogP) is 3.62. The molecule has 0 bridgehead atoms. The van der Waals surface area contributed by atoms with Crippen molar-refractivity contribution < 1.29 is 18.0 Å². The molecular weight excluding hydrogens is 285 g/mol. The minimum atomic E-state index is -4.20. The molecule has 0 amide bonds. The molecule has 0 fully saturated rings. The van der Waals surface area contributed by atoms with Gasteiger partial charge in [0.15, 0.2) is 5.78 Å². The van der Waals surface area contributed by atoms with Crippen LogP contribution in [0.2, 0.25) is 0 Å². The fourth-order valence-electron chi connectivity index (χ4n) is 1.33. The molecule has 102 valence electrons. The number of thioether (sulfide) groups is 1. The molecule has 1 rings (SSSR count). The molecule has 1 aromatic rings. The molecule has 18 heavy (non-hydrogen) atoms. The maximum Gasteiger partial charge on any atom is 0.390 e. The Labute approximate surface area is 111 Å². The number of Topliss-reactive ketones (excluding diaryl/α,β-unsaturated/α-hetero) is 1. The number of anilines is 2. The number of rotatable bonds is 5. The normalized spacial score (nSPS) is 11.6. The highest BCUT2D eigenvalue weighted by molar-refractivity contribution is 7.99. The zero-order chi connectivity index (χ0) is 13.9. The van der Waals surface area contributed by atoms with Gasteiger partial charge < -0.3 is 11.1 Å². The van der Waals surface area contributed by atoms with Crippen LogP contribution in [0.15, 0.2) is 4.90 Å². The molecule has 0 aliphatic carbocycles. The molecule has 8 heteroatoms. The maximum absolute atomic E-state index is 12.0. The summed E-state index contributed by atoms with van der Waals surface area (Å²) in [4.78, 5) is 12.3. The molecule has 3 nitrogen and oxygen atoms in total. The van der Waals surface area contributed by atoms with Crippen LogP contribution in [0.1, 0.15) is 23.0 Å². The second-order valence-electron chi connectivity index (χ2n) is 3.56. The molecule has 0 atom stereocenters. The fraction of sp³-hybridized carbons (Fsp3) is 0.500. The summed E-state index contributed by atoms with van der Waals surface area (Å²) < 4.78 is 36.1. The van der Waals surface area contributed by atoms with Crippen molar-refractivity contribution >= 4 is 39.6 Å². The minimum Gasteiger partial charge on any atom is -0.396 e. The predicted molar refractivity (Wildman–Crippen MR) is 69.7 cm³/mol. The molecule has 0 spiro atoms. The number of hydrogen-bond acceptors (Lipinski definition) is 5. The van der Waals surface area contributed by atoms with Crippen molar-refractivity contribution in [1.82, 2.24) is 0 Å². The summed E-state index contributed by atoms with van der Waals surface area (Å²) in [7, 11) is 0. The van der Waals surface area contributed by atoms with Crippen molar-refractivity contribution in [2.45, 2.75) is 24.4 Å². The van der Waals surface area contributed by atoms with E-state index in [-0.39, 0.29) is 12.3 Å². The van der Waals surface area contributed by atoms with Crippen LogP contribution in [0.4, 0.5) is 23.9 Å². The van der Waals surface area contributed by atoms with Crippen molar-refractivity contribution in [3.63, 3.8) is 0 Å². The standard InChI is InChI=1S/C10H13F3N2OS2/c1-5(16)7-6(14)8(17-2)9(18-7)15-4-3-10(11,12)13/h15H,3-4,14H2,1-2H3. The van der Waals surface area contributed by atoms with Crippen molar-refractivity contribution in [3.05, 3.63) is 4.88 Å². The summed E-state index contributed by atoms with van der Waals surface area (Å²) in [6, 6.07) is 0. The molecule has 1 heterocycles. The number of nitrogens with two attached hydrogens (primary N) is 1. The van der Waals surface area contributed by atoms with Gasteiger partial charge in [0.25, 0.3) is 0 Å². The highest BCUT2D eigenvalue weighted by atomic mass is 32.2. The molecule has 0 aromatic carbocycles. The number of thiophene rings is 1. The lowest BCUT2D eigenvalue weighted by Crippen LogP contribution is -2.14. The van der Waals surface area contributed by atoms with Crippen molar-refractivity contribution in [2.75, 3.05) is 23.9 Å². The third-order valence-corrected chi connectivity index (χ3v) is 4.34. The van der Waals surface area contributed by atoms with Gasteiger partial charge in [0, 0.05) is 13.5 Å². The Morgan fingerprint density at radius 1 is 1.50 bits per heavy atom. The second-order valence-corrected chi connectivity index (χ2v) is 5.39. The lowest BCUT2D eigenvalue weighted by Gasteiger charge is -2.08. The Hall–Kier alpha value is -0.890. The zero-order valence-corrected chi connectivity index (χ0v) is 11.5. The lowest BCUT2D eigenvalue weighted by atomic mass is 10.3. The van der Waals surface area contributed by atoms with Crippen molar-refractivity contribution in [1.29, 1.82) is 0 Å². The number of nitrogen functional groups attached to an aromatic ring is 1. The number of alkyl halides is 3. The van der Waals surface area contributed by atoms with E-state index >= 15 is 0 Å². The first-order valence-corrected chi connectivity index (χ1v) is 7.08. The van der Waals surface area contributed by atoms with Crippen LogP contribution in [0.25, 0.3) is 0 Å². The van der Waals surface area contributed by atoms with Gasteiger partial charge in [0.1, 0.15) is 5.00 Å². The smallest absolute Gasteiger partial charge is 0.390 e. The number of ketones is 1. The summed E-state index contributed by atoms with van der Waals surface area (Å²) in [5.41, 5.74) is 6.12. The number of carbonyl (C=O) groups excluding carboxylic acids is 1. The SMILES string of the molecule is CSc1c(NCCC(F)(F)F)sc(C(C)=O)c1N. The Morgan fingerprint density at radius 2 is 2.11 bits per heavy atom. The van der Waals surface area contributed by atoms with Gasteiger partial charge in [-0.25, -0.2) is 0 Å². The lowest BCUT2D eigenvalue weighted by molar-refractivity contribution is -0.131. The van der Waals surface area contributed by atoms with Crippen LogP contribution in [-0.4, -0.2) is 24.8 Å². The van der Waals surface area contributed by atoms with Gasteiger partial charge in [-0.1, -0.05) is 0 Å². The van der Waals surface area contributed by atoms with Gasteiger partial charge in [0.05, 0.1) is 21.9 Å². The summed E-state index contributed by atoms with van der Waals surface area (Å²) in [5.74, 6) is -0.184. The average Bonchev–Trinajstić information content (AvgIpc) is 2.53. The number of carbonyl (C=O) groups is 1. The molecule has 0 aliphatic heterocycles. The number of nitrogens with one attached hydrogen (secondary N) is 1. The van der Waals surface area contributed by atoms with E-state index in [0.717, 1.165) is 11.3 Å². The van der Waals surface area contributed by atoms with E-state index < -0.39 is 12.6 Å². The maximum atomic E-state index is 12.0. The summed E-state index contributed by atoms with van der Waals surface area (Å²) in [6.45, 7) is 1.15. The van der Waals surface area contributed by atoms with Crippen molar-refractivity contribution in [3.8, 4) is 0 Å². The molecule has 0 unspecified atom stereocenters. The van der Waals surface area contributed by atoms with Crippen molar-refractivity contribution in [2.24, 2.45) is 0 Å². The van der Waals surface area contributed by atoms with Gasteiger partial charge in [-0.3, -0.25) is 4.79 Å². The topological polar surface area (TPSA) is 55.1 Å². The average molecular weight is 298 g/mol. The zero-order valence-electron chi connectivity index (χ0n) is 9.85. The Morgan fingerprint density at radius 3 is 2.56 bits per heavy atom. The minimum absolute atomic E-state index is 0.184. The number of hydrogen-bond donors (Lipinski definition) is 2. The van der Waals surface area contributed by atoms with Gasteiger partial charge in [-0.05, 0) is 6.26 Å². The van der Waals surface area contributed by atoms with Crippen LogP contribution < -0.4 is 11.1 Å². The molecule has 0 aliphatic rings. The molecule has 0 saturated heterocycles. The summed E-state index contributed by atoms with van der Waals surface area (Å²) in [5, 5.41) is 3.20. The highest BCUT2D eigenvalue weighted by Crippen LogP contribution is 2.41. The Kier molecular flexibility index (Phi) is 4.92. The van der Waals surface area contributed by atoms with Gasteiger partial charge in [-0.2, -0.15) is 13.2 Å². The molecule has 3 N–H and O–H groups in total. The van der Waals surface area contributed by atoms with Crippen LogP contribution in [0.5, 0.6) is 0 Å². The van der Waals surface area contributed by atoms with E-state index in [1.807, 2.05) is 0 Å². The summed E-state index contributed by atoms with van der Waals surface area (Å²) in [6.07, 6.45) is -3.36. The molecule has 0 radical (unpaired) electrons. The van der Waals surface area contributed by atoms with E-state index in [1.165, 1.54) is 18.7 Å². The van der Waals surface area contributed by atoms with E-state index in [4.69, 9.17) is 5.73 Å². The highest BCUT2D eigenvalue weighted by Gasteiger charge is 2.27. The van der Waals surface area contributed by atoms with Gasteiger partial charge in [0.2, 0.25) is 0 Å². The van der Waals surface area contributed by atoms with Crippen LogP contribution in [-0.2, 0) is 0 Å². The first-order valence-electron chi connectivity index (χ1n) is 5.04. The van der Waals surface area contributed by atoms with Gasteiger partial charge >= 0.3 is 6.18 Å². The number of halogens is 3. The van der Waals surface area contributed by atoms with E-state index in [0.29, 0.717) is 20.5 Å². The Balaban J connectivity index is 2.82. The van der Waals surface area contributed by atoms with Crippen LogP contribution in [0, 0.1) is 0 Å². The monoisotopic (exact) mass is 298 g/mol. The quantitative estimate of drug-likeness (QED) is 0.644. The Bertz CT molecular complexity index is 443. The first-order chi connectivity index (χ1) is 8.26. The molecule has 0 saturated carbocycles. The third-order valence-electron chi connectivity index (χ3n) is 2.12. The van der Waals surface area contributed by atoms with E-state index in [2.05, 4.69) is 5.32 Å². The molecule has 1 aromatic heterocycles. The fourth-order valence-corrected chi connectivity index (χ4v) is 3.28. The molecular formula is C10H13F3N2OS2. The summed E-state index contributed by atoms with van der Waals surface area (Å²) >= 11 is 2.40. The third kappa shape index (κ3) is 3.81.